The largest absolute Gasteiger partial charge is 0.354 e. The Labute approximate surface area is 99.0 Å². The fraction of sp³-hybridized carbons (Fsp3) is 0.250. The Kier molecular flexibility index (Phi) is 2.36. The first kappa shape index (κ1) is 10.0. The van der Waals surface area contributed by atoms with Crippen molar-refractivity contribution in [2.45, 2.75) is 6.92 Å². The third-order valence-corrected chi connectivity index (χ3v) is 2.70. The molecule has 0 aliphatic carbocycles. The van der Waals surface area contributed by atoms with Crippen molar-refractivity contribution in [3.63, 3.8) is 0 Å². The van der Waals surface area contributed by atoms with Crippen molar-refractivity contribution < 1.29 is 0 Å². The summed E-state index contributed by atoms with van der Waals surface area (Å²) in [6.07, 6.45) is 3.42. The molecule has 0 fully saturated rings. The lowest BCUT2D eigenvalue weighted by atomic mass is 10.1. The van der Waals surface area contributed by atoms with Crippen LogP contribution in [0.2, 0.25) is 0 Å². The van der Waals surface area contributed by atoms with E-state index < -0.39 is 0 Å². The van der Waals surface area contributed by atoms with Crippen LogP contribution in [0.4, 0.5) is 5.69 Å². The van der Waals surface area contributed by atoms with E-state index in [2.05, 4.69) is 31.7 Å². The summed E-state index contributed by atoms with van der Waals surface area (Å²) in [5.74, 6) is 0.827. The van der Waals surface area contributed by atoms with Gasteiger partial charge < -0.3 is 10.6 Å². The van der Waals surface area contributed by atoms with E-state index in [9.17, 15) is 0 Å². The van der Waals surface area contributed by atoms with Gasteiger partial charge in [-0.3, -0.25) is 15.0 Å². The molecule has 0 saturated heterocycles. The minimum absolute atomic E-state index is 0.827. The lowest BCUT2D eigenvalue weighted by Crippen LogP contribution is -2.26. The van der Waals surface area contributed by atoms with Crippen LogP contribution in [0.15, 0.2) is 29.5 Å². The smallest absolute Gasteiger partial charge is 0.195 e. The lowest BCUT2D eigenvalue weighted by Gasteiger charge is -2.08. The van der Waals surface area contributed by atoms with Gasteiger partial charge in [-0.25, -0.2) is 0 Å². The number of nitrogens with one attached hydrogen (secondary N) is 2. The van der Waals surface area contributed by atoms with Crippen LogP contribution in [0.1, 0.15) is 5.56 Å². The van der Waals surface area contributed by atoms with Gasteiger partial charge in [-0.2, -0.15) is 0 Å². The monoisotopic (exact) mass is 227 g/mol. The number of aliphatic imine (C=N–C) groups is 1. The molecule has 86 valence electrons. The summed E-state index contributed by atoms with van der Waals surface area (Å²) in [4.78, 5) is 12.9. The molecule has 1 aliphatic heterocycles. The van der Waals surface area contributed by atoms with Crippen LogP contribution in [-0.2, 0) is 0 Å². The summed E-state index contributed by atoms with van der Waals surface area (Å²) in [7, 11) is 0. The van der Waals surface area contributed by atoms with Crippen molar-refractivity contribution >= 4 is 22.7 Å². The van der Waals surface area contributed by atoms with Gasteiger partial charge in [0.15, 0.2) is 5.96 Å². The molecule has 0 amide bonds. The van der Waals surface area contributed by atoms with E-state index in [1.54, 1.807) is 12.4 Å². The molecule has 2 heterocycles. The average Bonchev–Trinajstić information content (AvgIpc) is 2.82. The normalized spacial score (nSPS) is 14.5. The second-order valence-corrected chi connectivity index (χ2v) is 4.00. The Morgan fingerprint density at radius 3 is 2.94 bits per heavy atom. The van der Waals surface area contributed by atoms with Crippen LogP contribution in [0.25, 0.3) is 11.0 Å². The number of aromatic nitrogens is 2. The predicted molar refractivity (Wildman–Crippen MR) is 68.2 cm³/mol. The highest BCUT2D eigenvalue weighted by Crippen LogP contribution is 2.19. The first-order valence-corrected chi connectivity index (χ1v) is 5.60. The number of benzene rings is 1. The van der Waals surface area contributed by atoms with Crippen LogP contribution in [0.3, 0.4) is 0 Å². The SMILES string of the molecule is Cc1cc(NC2=NCCN2)cc2nccnc12. The average molecular weight is 227 g/mol. The van der Waals surface area contributed by atoms with Gasteiger partial charge in [0, 0.05) is 24.6 Å². The van der Waals surface area contributed by atoms with Gasteiger partial charge in [-0.1, -0.05) is 0 Å². The molecular formula is C12H13N5. The van der Waals surface area contributed by atoms with Gasteiger partial charge in [0.2, 0.25) is 0 Å². The number of fused-ring (bicyclic) bond motifs is 1. The topological polar surface area (TPSA) is 62.2 Å². The van der Waals surface area contributed by atoms with E-state index in [4.69, 9.17) is 0 Å². The van der Waals surface area contributed by atoms with Gasteiger partial charge in [-0.15, -0.1) is 0 Å². The molecule has 1 aliphatic rings. The van der Waals surface area contributed by atoms with E-state index in [0.717, 1.165) is 41.3 Å². The quantitative estimate of drug-likeness (QED) is 0.771. The molecule has 1 aromatic carbocycles. The van der Waals surface area contributed by atoms with Crippen LogP contribution in [-0.4, -0.2) is 29.0 Å². The first-order valence-electron chi connectivity index (χ1n) is 5.60. The standard InChI is InChI=1S/C12H13N5/c1-8-6-9(17-12-15-4-5-16-12)7-10-11(8)14-3-2-13-10/h2-3,6-7H,4-5H2,1H3,(H2,15,16,17). The Bertz CT molecular complexity index is 590. The number of nitrogens with zero attached hydrogens (tertiary/aromatic N) is 3. The number of aryl methyl sites for hydroxylation is 1. The molecular weight excluding hydrogens is 214 g/mol. The van der Waals surface area contributed by atoms with Crippen LogP contribution in [0.5, 0.6) is 0 Å². The van der Waals surface area contributed by atoms with Crippen LogP contribution >= 0.6 is 0 Å². The van der Waals surface area contributed by atoms with Crippen molar-refractivity contribution in [1.82, 2.24) is 15.3 Å². The molecule has 5 heteroatoms. The zero-order valence-corrected chi connectivity index (χ0v) is 9.57. The zero-order chi connectivity index (χ0) is 11.7. The summed E-state index contributed by atoms with van der Waals surface area (Å²) in [6, 6.07) is 4.04. The molecule has 5 nitrogen and oxygen atoms in total. The Morgan fingerprint density at radius 1 is 1.24 bits per heavy atom. The van der Waals surface area contributed by atoms with Gasteiger partial charge in [0.05, 0.1) is 17.6 Å². The van der Waals surface area contributed by atoms with E-state index >= 15 is 0 Å². The second-order valence-electron chi connectivity index (χ2n) is 4.00. The van der Waals surface area contributed by atoms with Crippen molar-refractivity contribution in [1.29, 1.82) is 0 Å². The Balaban J connectivity index is 2.00. The molecule has 3 rings (SSSR count). The summed E-state index contributed by atoms with van der Waals surface area (Å²) < 4.78 is 0. The van der Waals surface area contributed by atoms with E-state index in [1.807, 2.05) is 13.0 Å². The van der Waals surface area contributed by atoms with Crippen LogP contribution < -0.4 is 10.6 Å². The van der Waals surface area contributed by atoms with Gasteiger partial charge in [-0.05, 0) is 24.6 Å². The maximum Gasteiger partial charge on any atom is 0.195 e. The number of hydrogen-bond acceptors (Lipinski definition) is 5. The third kappa shape index (κ3) is 1.91. The summed E-state index contributed by atoms with van der Waals surface area (Å²) in [5.41, 5.74) is 3.94. The number of guanidine groups is 1. The van der Waals surface area contributed by atoms with Gasteiger partial charge >= 0.3 is 0 Å². The first-order chi connectivity index (χ1) is 8.33. The zero-order valence-electron chi connectivity index (χ0n) is 9.57. The maximum absolute atomic E-state index is 4.32. The maximum atomic E-state index is 4.32. The Morgan fingerprint density at radius 2 is 2.12 bits per heavy atom. The number of anilines is 1. The number of rotatable bonds is 1. The predicted octanol–water partition coefficient (Wildman–Crippen LogP) is 1.31. The highest BCUT2D eigenvalue weighted by molar-refractivity contribution is 5.96. The molecule has 0 unspecified atom stereocenters. The minimum atomic E-state index is 0.827. The molecule has 0 radical (unpaired) electrons. The van der Waals surface area contributed by atoms with Crippen molar-refractivity contribution in [2.24, 2.45) is 4.99 Å². The number of hydrogen-bond donors (Lipinski definition) is 2. The second kappa shape index (κ2) is 4.01. The summed E-state index contributed by atoms with van der Waals surface area (Å²) >= 11 is 0. The lowest BCUT2D eigenvalue weighted by molar-refractivity contribution is 0.959. The van der Waals surface area contributed by atoms with Gasteiger partial charge in [0.1, 0.15) is 0 Å². The molecule has 17 heavy (non-hydrogen) atoms. The van der Waals surface area contributed by atoms with Crippen LogP contribution in [0, 0.1) is 6.92 Å². The fourth-order valence-electron chi connectivity index (χ4n) is 1.94. The Hall–Kier alpha value is -2.17. The highest BCUT2D eigenvalue weighted by Gasteiger charge is 2.07. The highest BCUT2D eigenvalue weighted by atomic mass is 15.2. The molecule has 0 spiro atoms. The van der Waals surface area contributed by atoms with Crippen molar-refractivity contribution in [3.05, 3.63) is 30.1 Å². The van der Waals surface area contributed by atoms with Crippen molar-refractivity contribution in [3.8, 4) is 0 Å². The molecule has 0 atom stereocenters. The van der Waals surface area contributed by atoms with E-state index in [-0.39, 0.29) is 0 Å². The molecule has 1 aromatic heterocycles. The van der Waals surface area contributed by atoms with Crippen molar-refractivity contribution in [2.75, 3.05) is 18.4 Å². The molecule has 2 N–H and O–H groups in total. The molecule has 2 aromatic rings. The van der Waals surface area contributed by atoms with E-state index in [0.29, 0.717) is 0 Å². The molecule has 0 saturated carbocycles. The minimum Gasteiger partial charge on any atom is -0.354 e. The third-order valence-electron chi connectivity index (χ3n) is 2.70. The summed E-state index contributed by atoms with van der Waals surface area (Å²) in [5, 5.41) is 6.42. The molecule has 0 bridgehead atoms. The van der Waals surface area contributed by atoms with E-state index in [1.165, 1.54) is 0 Å². The summed E-state index contributed by atoms with van der Waals surface area (Å²) in [6.45, 7) is 3.76. The fourth-order valence-corrected chi connectivity index (χ4v) is 1.94. The van der Waals surface area contributed by atoms with Gasteiger partial charge in [0.25, 0.3) is 0 Å².